The second-order valence-electron chi connectivity index (χ2n) is 7.76. The first-order chi connectivity index (χ1) is 15.8. The number of ether oxygens (including phenoxy) is 2. The Balaban J connectivity index is 1.50. The summed E-state index contributed by atoms with van der Waals surface area (Å²) in [6.07, 6.45) is 0.295. The van der Waals surface area contributed by atoms with E-state index in [0.717, 1.165) is 17.8 Å². The molecule has 3 aromatic rings. The van der Waals surface area contributed by atoms with Crippen LogP contribution in [0.5, 0.6) is 11.5 Å². The topological polar surface area (TPSA) is 102 Å². The molecule has 1 saturated heterocycles. The lowest BCUT2D eigenvalue weighted by molar-refractivity contribution is 0.178. The predicted octanol–water partition coefficient (Wildman–Crippen LogP) is 5.24. The molecule has 172 valence electrons. The fraction of sp³-hybridized carbons (Fsp3) is 0.348. The summed E-state index contributed by atoms with van der Waals surface area (Å²) in [6, 6.07) is 10.6. The monoisotopic (exact) mass is 468 g/mol. The number of benzene rings is 1. The van der Waals surface area contributed by atoms with Gasteiger partial charge >= 0.3 is 6.09 Å². The maximum atomic E-state index is 12.2. The molecule has 1 aliphatic heterocycles. The molecule has 4 rings (SSSR count). The minimum Gasteiger partial charge on any atom is -0.455 e. The number of amides is 1. The Labute approximate surface area is 197 Å². The zero-order valence-corrected chi connectivity index (χ0v) is 19.6. The second kappa shape index (κ2) is 9.58. The van der Waals surface area contributed by atoms with E-state index in [1.54, 1.807) is 31.2 Å². The van der Waals surface area contributed by atoms with Gasteiger partial charge in [0.1, 0.15) is 23.9 Å². The third kappa shape index (κ3) is 5.14. The number of hydrogen-bond acceptors (Lipinski definition) is 8. The van der Waals surface area contributed by atoms with Crippen LogP contribution >= 0.6 is 11.6 Å². The van der Waals surface area contributed by atoms with E-state index in [1.807, 2.05) is 32.9 Å². The highest BCUT2D eigenvalue weighted by molar-refractivity contribution is 6.30. The van der Waals surface area contributed by atoms with Crippen LogP contribution in [0.3, 0.4) is 0 Å². The Morgan fingerprint density at radius 3 is 2.61 bits per heavy atom. The molecule has 2 atom stereocenters. The Morgan fingerprint density at radius 2 is 1.91 bits per heavy atom. The van der Waals surface area contributed by atoms with E-state index in [9.17, 15) is 4.79 Å². The van der Waals surface area contributed by atoms with Crippen LogP contribution in [0.15, 0.2) is 36.4 Å². The summed E-state index contributed by atoms with van der Waals surface area (Å²) in [5.74, 6) is 2.48. The van der Waals surface area contributed by atoms with Gasteiger partial charge in [-0.05, 0) is 63.6 Å². The highest BCUT2D eigenvalue weighted by atomic mass is 35.5. The zero-order valence-electron chi connectivity index (χ0n) is 18.9. The molecule has 1 aliphatic rings. The number of nitrogens with zero attached hydrogens (tertiary/aromatic N) is 5. The summed E-state index contributed by atoms with van der Waals surface area (Å²) in [5, 5.41) is 3.90. The van der Waals surface area contributed by atoms with E-state index in [1.165, 1.54) is 4.90 Å². The first-order valence-corrected chi connectivity index (χ1v) is 11.1. The number of carbonyl (C=O) groups excluding carboxylic acids is 1. The van der Waals surface area contributed by atoms with E-state index < -0.39 is 6.09 Å². The van der Waals surface area contributed by atoms with Crippen molar-refractivity contribution in [2.45, 2.75) is 46.2 Å². The number of halogens is 1. The van der Waals surface area contributed by atoms with Crippen molar-refractivity contribution in [3.8, 4) is 11.5 Å². The molecule has 0 unspecified atom stereocenters. The largest absolute Gasteiger partial charge is 0.455 e. The van der Waals surface area contributed by atoms with Crippen LogP contribution in [0.25, 0.3) is 0 Å². The van der Waals surface area contributed by atoms with Crippen molar-refractivity contribution in [2.75, 3.05) is 16.8 Å². The number of aromatic nitrogens is 4. The molecule has 33 heavy (non-hydrogen) atoms. The number of pyridine rings is 1. The highest BCUT2D eigenvalue weighted by Gasteiger charge is 2.35. The van der Waals surface area contributed by atoms with Crippen LogP contribution in [-0.4, -0.2) is 38.7 Å². The van der Waals surface area contributed by atoms with Crippen molar-refractivity contribution in [1.82, 2.24) is 19.9 Å². The summed E-state index contributed by atoms with van der Waals surface area (Å²) >= 11 is 5.93. The molecule has 1 N–H and O–H groups in total. The van der Waals surface area contributed by atoms with E-state index in [0.29, 0.717) is 34.9 Å². The van der Waals surface area contributed by atoms with Gasteiger partial charge in [0.2, 0.25) is 11.9 Å². The van der Waals surface area contributed by atoms with E-state index in [4.69, 9.17) is 21.1 Å². The van der Waals surface area contributed by atoms with Gasteiger partial charge in [0.15, 0.2) is 0 Å². The van der Waals surface area contributed by atoms with Gasteiger partial charge in [-0.1, -0.05) is 18.5 Å². The first kappa shape index (κ1) is 22.7. The van der Waals surface area contributed by atoms with Gasteiger partial charge in [-0.15, -0.1) is 0 Å². The predicted molar refractivity (Wildman–Crippen MR) is 125 cm³/mol. The van der Waals surface area contributed by atoms with Crippen LogP contribution in [0.2, 0.25) is 5.02 Å². The number of anilines is 2. The molecule has 1 aromatic carbocycles. The standard InChI is InChI=1S/C23H25ClN6O3/c1-5-17-12-32-23(31)30(17)22-28-15(4)27-21(29-22)26-13(2)19-10-11-20(14(3)25-19)33-18-8-6-16(24)7-9-18/h6-11,13,17H,5,12H2,1-4H3,(H,26,27,28,29)/t13-,17-/m0/s1. The number of nitrogens with one attached hydrogen (secondary N) is 1. The van der Waals surface area contributed by atoms with Crippen molar-refractivity contribution >= 4 is 29.6 Å². The van der Waals surface area contributed by atoms with Gasteiger partial charge in [-0.2, -0.15) is 15.0 Å². The SMILES string of the molecule is CC[C@H]1COC(=O)N1c1nc(C)nc(N[C@@H](C)c2ccc(Oc3ccc(Cl)cc3)c(C)n2)n1. The maximum Gasteiger partial charge on any atom is 0.417 e. The van der Waals surface area contributed by atoms with Crippen molar-refractivity contribution < 1.29 is 14.3 Å². The van der Waals surface area contributed by atoms with Crippen molar-refractivity contribution in [2.24, 2.45) is 0 Å². The van der Waals surface area contributed by atoms with Crippen LogP contribution in [0, 0.1) is 13.8 Å². The van der Waals surface area contributed by atoms with Gasteiger partial charge in [-0.25, -0.2) is 9.69 Å². The smallest absolute Gasteiger partial charge is 0.417 e. The third-order valence-corrected chi connectivity index (χ3v) is 5.52. The van der Waals surface area contributed by atoms with Gasteiger partial charge in [0, 0.05) is 5.02 Å². The Bertz CT molecular complexity index is 1160. The summed E-state index contributed by atoms with van der Waals surface area (Å²) in [5.41, 5.74) is 1.54. The lowest BCUT2D eigenvalue weighted by Gasteiger charge is -2.20. The quantitative estimate of drug-likeness (QED) is 0.502. The summed E-state index contributed by atoms with van der Waals surface area (Å²) in [4.78, 5) is 31.5. The Kier molecular flexibility index (Phi) is 6.60. The van der Waals surface area contributed by atoms with Crippen LogP contribution in [-0.2, 0) is 4.74 Å². The van der Waals surface area contributed by atoms with Crippen molar-refractivity contribution in [3.05, 3.63) is 58.6 Å². The minimum absolute atomic E-state index is 0.0953. The molecule has 1 amide bonds. The average molecular weight is 469 g/mol. The molecule has 2 aromatic heterocycles. The second-order valence-corrected chi connectivity index (χ2v) is 8.19. The Hall–Kier alpha value is -3.46. The van der Waals surface area contributed by atoms with E-state index in [2.05, 4.69) is 25.3 Å². The molecule has 0 radical (unpaired) electrons. The lowest BCUT2D eigenvalue weighted by Crippen LogP contribution is -2.34. The number of carbonyl (C=O) groups is 1. The lowest BCUT2D eigenvalue weighted by atomic mass is 10.2. The summed E-state index contributed by atoms with van der Waals surface area (Å²) in [7, 11) is 0. The van der Waals surface area contributed by atoms with Crippen molar-refractivity contribution in [1.29, 1.82) is 0 Å². The van der Waals surface area contributed by atoms with E-state index in [-0.39, 0.29) is 18.0 Å². The van der Waals surface area contributed by atoms with Gasteiger partial charge < -0.3 is 14.8 Å². The van der Waals surface area contributed by atoms with Crippen LogP contribution in [0.1, 0.15) is 43.5 Å². The van der Waals surface area contributed by atoms with Gasteiger partial charge in [0.05, 0.1) is 23.5 Å². The molecular weight excluding hydrogens is 444 g/mol. The average Bonchev–Trinajstić information content (AvgIpc) is 3.16. The normalized spacial score (nSPS) is 16.5. The first-order valence-electron chi connectivity index (χ1n) is 10.7. The van der Waals surface area contributed by atoms with Gasteiger partial charge in [0.25, 0.3) is 0 Å². The molecule has 9 nitrogen and oxygen atoms in total. The molecule has 1 fully saturated rings. The van der Waals surface area contributed by atoms with Gasteiger partial charge in [-0.3, -0.25) is 4.98 Å². The number of aryl methyl sites for hydroxylation is 2. The number of hydrogen-bond donors (Lipinski definition) is 1. The van der Waals surface area contributed by atoms with Crippen LogP contribution < -0.4 is 15.0 Å². The summed E-state index contributed by atoms with van der Waals surface area (Å²) in [6.45, 7) is 7.92. The highest BCUT2D eigenvalue weighted by Crippen LogP contribution is 2.28. The molecule has 10 heteroatoms. The van der Waals surface area contributed by atoms with Crippen LogP contribution in [0.4, 0.5) is 16.7 Å². The minimum atomic E-state index is -0.444. The molecule has 0 aliphatic carbocycles. The molecule has 3 heterocycles. The summed E-state index contributed by atoms with van der Waals surface area (Å²) < 4.78 is 11.1. The maximum absolute atomic E-state index is 12.2. The third-order valence-electron chi connectivity index (χ3n) is 5.27. The number of cyclic esters (lactones) is 1. The molecular formula is C23H25ClN6O3. The van der Waals surface area contributed by atoms with E-state index >= 15 is 0 Å². The Morgan fingerprint density at radius 1 is 1.15 bits per heavy atom. The fourth-order valence-electron chi connectivity index (χ4n) is 3.46. The van der Waals surface area contributed by atoms with Crippen molar-refractivity contribution in [3.63, 3.8) is 0 Å². The fourth-order valence-corrected chi connectivity index (χ4v) is 3.59. The zero-order chi connectivity index (χ0) is 23.5. The number of rotatable bonds is 7. The molecule has 0 saturated carbocycles. The molecule has 0 bridgehead atoms. The molecule has 0 spiro atoms.